The van der Waals surface area contributed by atoms with Gasteiger partial charge in [-0.15, -0.1) is 11.3 Å². The number of urea groups is 1. The van der Waals surface area contributed by atoms with E-state index in [0.717, 1.165) is 23.3 Å². The third-order valence-corrected chi connectivity index (χ3v) is 3.72. The molecule has 2 rings (SSSR count). The van der Waals surface area contributed by atoms with Crippen molar-refractivity contribution in [3.05, 3.63) is 21.9 Å². The van der Waals surface area contributed by atoms with Crippen molar-refractivity contribution in [2.24, 2.45) is 0 Å². The Bertz CT molecular complexity index is 414. The maximum atomic E-state index is 11.7. The van der Waals surface area contributed by atoms with Gasteiger partial charge in [0.15, 0.2) is 5.78 Å². The smallest absolute Gasteiger partial charge is 0.315 e. The molecule has 0 fully saturated rings. The van der Waals surface area contributed by atoms with Gasteiger partial charge in [-0.3, -0.25) is 4.79 Å². The molecule has 1 unspecified atom stereocenters. The predicted octanol–water partition coefficient (Wildman–Crippen LogP) is 2.08. The van der Waals surface area contributed by atoms with Gasteiger partial charge in [-0.25, -0.2) is 4.79 Å². The average Bonchev–Trinajstić information content (AvgIpc) is 2.71. The summed E-state index contributed by atoms with van der Waals surface area (Å²) in [7, 11) is 1.59. The fraction of sp³-hybridized carbons (Fsp3) is 0.455. The van der Waals surface area contributed by atoms with Crippen molar-refractivity contribution >= 4 is 23.2 Å². The zero-order chi connectivity index (χ0) is 11.5. The lowest BCUT2D eigenvalue weighted by Gasteiger charge is -2.16. The number of thiophene rings is 1. The summed E-state index contributed by atoms with van der Waals surface area (Å²) in [4.78, 5) is 23.9. The lowest BCUT2D eigenvalue weighted by atomic mass is 10.1. The first-order valence-electron chi connectivity index (χ1n) is 5.31. The highest BCUT2D eigenvalue weighted by atomic mass is 32.1. The normalized spacial score (nSPS) is 19.8. The molecule has 4 nitrogen and oxygen atoms in total. The molecule has 1 aliphatic rings. The summed E-state index contributed by atoms with van der Waals surface area (Å²) in [6.07, 6.45) is 2.23. The Morgan fingerprint density at radius 3 is 3.12 bits per heavy atom. The molecule has 86 valence electrons. The highest BCUT2D eigenvalue weighted by Crippen LogP contribution is 2.31. The minimum atomic E-state index is -0.198. The van der Waals surface area contributed by atoms with Crippen molar-refractivity contribution in [3.8, 4) is 0 Å². The predicted molar refractivity (Wildman–Crippen MR) is 62.8 cm³/mol. The van der Waals surface area contributed by atoms with Crippen LogP contribution in [-0.2, 0) is 0 Å². The summed E-state index contributed by atoms with van der Waals surface area (Å²) >= 11 is 1.46. The van der Waals surface area contributed by atoms with Crippen LogP contribution in [0.5, 0.6) is 0 Å². The Labute approximate surface area is 98.0 Å². The molecule has 0 spiro atoms. The number of Topliss-reactive ketones (excluding diaryl/α,β-unsaturated/α-hetero) is 1. The summed E-state index contributed by atoms with van der Waals surface area (Å²) in [5.41, 5.74) is 0.969. The summed E-state index contributed by atoms with van der Waals surface area (Å²) in [5.74, 6) is 0.200. The molecule has 0 bridgehead atoms. The molecular formula is C11H14N2O2S. The van der Waals surface area contributed by atoms with Crippen LogP contribution in [0.25, 0.3) is 0 Å². The Morgan fingerprint density at radius 2 is 2.38 bits per heavy atom. The van der Waals surface area contributed by atoms with Crippen LogP contribution in [0.3, 0.4) is 0 Å². The van der Waals surface area contributed by atoms with Crippen LogP contribution in [0.15, 0.2) is 11.4 Å². The zero-order valence-electron chi connectivity index (χ0n) is 9.08. The van der Waals surface area contributed by atoms with Crippen LogP contribution in [0, 0.1) is 0 Å². The molecule has 2 amide bonds. The first-order valence-corrected chi connectivity index (χ1v) is 6.19. The SMILES string of the molecule is CNC(=O)NC1CCCC(=O)c2sccc21. The number of amides is 2. The van der Waals surface area contributed by atoms with Crippen molar-refractivity contribution in [1.29, 1.82) is 0 Å². The summed E-state index contributed by atoms with van der Waals surface area (Å²) in [6, 6.07) is 1.70. The Hall–Kier alpha value is -1.36. The molecule has 1 heterocycles. The van der Waals surface area contributed by atoms with Gasteiger partial charge < -0.3 is 10.6 Å². The number of carbonyl (C=O) groups is 2. The zero-order valence-corrected chi connectivity index (χ0v) is 9.89. The highest BCUT2D eigenvalue weighted by Gasteiger charge is 2.25. The van der Waals surface area contributed by atoms with Crippen LogP contribution >= 0.6 is 11.3 Å². The van der Waals surface area contributed by atoms with E-state index in [9.17, 15) is 9.59 Å². The quantitative estimate of drug-likeness (QED) is 0.736. The van der Waals surface area contributed by atoms with Gasteiger partial charge in [0.25, 0.3) is 0 Å². The van der Waals surface area contributed by atoms with Gasteiger partial charge in [0.05, 0.1) is 10.9 Å². The molecule has 5 heteroatoms. The van der Waals surface area contributed by atoms with Gasteiger partial charge in [0.2, 0.25) is 0 Å². The van der Waals surface area contributed by atoms with Gasteiger partial charge in [0, 0.05) is 13.5 Å². The van der Waals surface area contributed by atoms with Crippen LogP contribution in [0.2, 0.25) is 0 Å². The van der Waals surface area contributed by atoms with E-state index in [-0.39, 0.29) is 17.9 Å². The molecule has 1 aliphatic carbocycles. The molecule has 1 atom stereocenters. The summed E-state index contributed by atoms with van der Waals surface area (Å²) in [6.45, 7) is 0. The number of hydrogen-bond acceptors (Lipinski definition) is 3. The molecule has 0 saturated carbocycles. The minimum Gasteiger partial charge on any atom is -0.341 e. The molecule has 0 radical (unpaired) electrons. The number of ketones is 1. The second kappa shape index (κ2) is 4.65. The van der Waals surface area contributed by atoms with E-state index in [1.807, 2.05) is 11.4 Å². The Morgan fingerprint density at radius 1 is 1.56 bits per heavy atom. The molecule has 0 saturated heterocycles. The number of nitrogens with one attached hydrogen (secondary N) is 2. The lowest BCUT2D eigenvalue weighted by Crippen LogP contribution is -2.35. The molecule has 1 aromatic heterocycles. The molecule has 0 aliphatic heterocycles. The van der Waals surface area contributed by atoms with Crippen LogP contribution < -0.4 is 10.6 Å². The first kappa shape index (κ1) is 11.1. The maximum Gasteiger partial charge on any atom is 0.315 e. The minimum absolute atomic E-state index is 0.0346. The fourth-order valence-corrected chi connectivity index (χ4v) is 2.87. The van der Waals surface area contributed by atoms with Crippen LogP contribution in [0.1, 0.15) is 40.5 Å². The van der Waals surface area contributed by atoms with Gasteiger partial charge in [-0.2, -0.15) is 0 Å². The largest absolute Gasteiger partial charge is 0.341 e. The number of hydrogen-bond donors (Lipinski definition) is 2. The highest BCUT2D eigenvalue weighted by molar-refractivity contribution is 7.12. The third kappa shape index (κ3) is 2.09. The summed E-state index contributed by atoms with van der Waals surface area (Å²) in [5, 5.41) is 7.32. The van der Waals surface area contributed by atoms with E-state index in [1.165, 1.54) is 11.3 Å². The fourth-order valence-electron chi connectivity index (χ4n) is 1.94. The van der Waals surface area contributed by atoms with Crippen molar-refractivity contribution in [1.82, 2.24) is 10.6 Å². The molecule has 0 aromatic carbocycles. The monoisotopic (exact) mass is 238 g/mol. The van der Waals surface area contributed by atoms with E-state index in [1.54, 1.807) is 7.05 Å². The molecule has 2 N–H and O–H groups in total. The van der Waals surface area contributed by atoms with Crippen LogP contribution in [-0.4, -0.2) is 18.9 Å². The topological polar surface area (TPSA) is 58.2 Å². The number of rotatable bonds is 1. The number of fused-ring (bicyclic) bond motifs is 1. The summed E-state index contributed by atoms with van der Waals surface area (Å²) < 4.78 is 0. The molecule has 16 heavy (non-hydrogen) atoms. The number of carbonyl (C=O) groups excluding carboxylic acids is 2. The van der Waals surface area contributed by atoms with E-state index >= 15 is 0 Å². The average molecular weight is 238 g/mol. The van der Waals surface area contributed by atoms with Crippen molar-refractivity contribution in [2.45, 2.75) is 25.3 Å². The Kier molecular flexibility index (Phi) is 3.24. The Balaban J connectivity index is 2.24. The second-order valence-electron chi connectivity index (χ2n) is 3.80. The van der Waals surface area contributed by atoms with E-state index in [4.69, 9.17) is 0 Å². The van der Waals surface area contributed by atoms with Gasteiger partial charge >= 0.3 is 6.03 Å². The molecule has 1 aromatic rings. The van der Waals surface area contributed by atoms with E-state index in [2.05, 4.69) is 10.6 Å². The van der Waals surface area contributed by atoms with Crippen molar-refractivity contribution in [3.63, 3.8) is 0 Å². The van der Waals surface area contributed by atoms with Gasteiger partial charge in [-0.05, 0) is 29.9 Å². The van der Waals surface area contributed by atoms with Crippen molar-refractivity contribution < 1.29 is 9.59 Å². The standard InChI is InChI=1S/C11H14N2O2S/c1-12-11(15)13-8-3-2-4-9(14)10-7(8)5-6-16-10/h5-6,8H,2-4H2,1H3,(H2,12,13,15). The van der Waals surface area contributed by atoms with Crippen LogP contribution in [0.4, 0.5) is 4.79 Å². The second-order valence-corrected chi connectivity index (χ2v) is 4.71. The lowest BCUT2D eigenvalue weighted by molar-refractivity contribution is 0.0986. The first-order chi connectivity index (χ1) is 7.72. The van der Waals surface area contributed by atoms with Gasteiger partial charge in [-0.1, -0.05) is 0 Å². The van der Waals surface area contributed by atoms with Gasteiger partial charge in [0.1, 0.15) is 0 Å². The third-order valence-electron chi connectivity index (χ3n) is 2.75. The molecular weight excluding hydrogens is 224 g/mol. The van der Waals surface area contributed by atoms with Crippen molar-refractivity contribution in [2.75, 3.05) is 7.05 Å². The van der Waals surface area contributed by atoms with E-state index in [0.29, 0.717) is 6.42 Å². The maximum absolute atomic E-state index is 11.7. The van der Waals surface area contributed by atoms with E-state index < -0.39 is 0 Å².